The lowest BCUT2D eigenvalue weighted by Gasteiger charge is -2.39. The van der Waals surface area contributed by atoms with Crippen molar-refractivity contribution in [2.45, 2.75) is 29.6 Å². The van der Waals surface area contributed by atoms with Crippen molar-refractivity contribution in [2.75, 3.05) is 0 Å². The lowest BCUT2D eigenvalue weighted by atomic mass is 10.3. The first-order chi connectivity index (χ1) is 7.46. The maximum absolute atomic E-state index is 12.4. The van der Waals surface area contributed by atoms with Gasteiger partial charge in [0.05, 0.1) is 0 Å². The average Bonchev–Trinajstić information content (AvgIpc) is 1.96. The van der Waals surface area contributed by atoms with Crippen LogP contribution in [0.5, 0.6) is 0 Å². The lowest BCUT2D eigenvalue weighted by Crippen LogP contribution is -2.63. The Morgan fingerprint density at radius 2 is 1.06 bits per heavy atom. The molecule has 0 bridgehead atoms. The van der Waals surface area contributed by atoms with Gasteiger partial charge in [-0.15, -0.1) is 0 Å². The molecule has 2 unspecified atom stereocenters. The average molecular weight is 317 g/mol. The molecule has 0 aromatic carbocycles. The molecule has 0 aliphatic rings. The van der Waals surface area contributed by atoms with E-state index in [0.717, 1.165) is 0 Å². The number of alkyl halides is 11. The number of rotatable bonds is 3. The Balaban J connectivity index is 5.33. The Labute approximate surface area is 96.1 Å². The van der Waals surface area contributed by atoms with Crippen molar-refractivity contribution in [3.8, 4) is 0 Å². The minimum Gasteiger partial charge on any atom is -0.795 e. The second-order valence-corrected chi connectivity index (χ2v) is 3.25. The molecule has 0 amide bonds. The minimum atomic E-state index is -6.67. The van der Waals surface area contributed by atoms with Gasteiger partial charge in [0.15, 0.2) is 0 Å². The fourth-order valence-electron chi connectivity index (χ4n) is 0.452. The maximum Gasteiger partial charge on any atom is 0.446 e. The highest BCUT2D eigenvalue weighted by atomic mass is 35.5. The van der Waals surface area contributed by atoms with Gasteiger partial charge in [-0.3, -0.25) is 4.74 Å². The van der Waals surface area contributed by atoms with E-state index < -0.39 is 29.6 Å². The summed E-state index contributed by atoms with van der Waals surface area (Å²) in [5.74, 6) is 0. The van der Waals surface area contributed by atoms with Gasteiger partial charge in [0, 0.05) is 0 Å². The molecule has 0 fully saturated rings. The first-order valence-electron chi connectivity index (χ1n) is 3.44. The molecule has 0 heterocycles. The molecule has 0 saturated heterocycles. The summed E-state index contributed by atoms with van der Waals surface area (Å²) in [6.45, 7) is 0. The standard InChI is InChI=1S/C5ClF10O2/c6-1(7,2(8,9)10)4(14,15)18-5(16,17)3(11,12)13/q-1. The quantitative estimate of drug-likeness (QED) is 0.455. The Bertz CT molecular complexity index is 304. The van der Waals surface area contributed by atoms with Gasteiger partial charge in [0.25, 0.3) is 0 Å². The molecule has 0 aliphatic carbocycles. The first kappa shape index (κ1) is 17.5. The van der Waals surface area contributed by atoms with Crippen LogP contribution in [0.3, 0.4) is 0 Å². The molecule has 0 spiro atoms. The number of ether oxygens (including phenoxy) is 1. The van der Waals surface area contributed by atoms with Crippen LogP contribution in [0.15, 0.2) is 0 Å². The first-order valence-corrected chi connectivity index (χ1v) is 3.82. The van der Waals surface area contributed by atoms with Crippen LogP contribution in [0.2, 0.25) is 0 Å². The zero-order chi connectivity index (χ0) is 15.2. The summed E-state index contributed by atoms with van der Waals surface area (Å²) >= 11 is 3.62. The zero-order valence-corrected chi connectivity index (χ0v) is 8.23. The summed E-state index contributed by atoms with van der Waals surface area (Å²) in [7, 11) is 0. The summed E-state index contributed by atoms with van der Waals surface area (Å²) < 4.78 is 120. The molecule has 2 atom stereocenters. The second-order valence-electron chi connectivity index (χ2n) is 2.73. The van der Waals surface area contributed by atoms with E-state index in [2.05, 4.69) is 11.6 Å². The van der Waals surface area contributed by atoms with Crippen molar-refractivity contribution >= 4 is 11.6 Å². The van der Waals surface area contributed by atoms with Crippen molar-refractivity contribution in [1.29, 1.82) is 0 Å². The molecule has 18 heavy (non-hydrogen) atoms. The zero-order valence-electron chi connectivity index (χ0n) is 7.47. The van der Waals surface area contributed by atoms with E-state index in [1.54, 1.807) is 4.74 Å². The fourth-order valence-corrected chi connectivity index (χ4v) is 0.490. The molecule has 13 heteroatoms. The SMILES string of the molecule is [O-]C(F)(OC(F)(F)C(F)(Cl)C(F)(F)F)C(F)(F)F. The van der Waals surface area contributed by atoms with Crippen molar-refractivity contribution in [1.82, 2.24) is 0 Å². The fraction of sp³-hybridized carbons (Fsp3) is 1.00. The molecule has 110 valence electrons. The molecule has 0 saturated carbocycles. The Morgan fingerprint density at radius 3 is 1.28 bits per heavy atom. The molecule has 0 aliphatic heterocycles. The molecule has 0 aromatic rings. The molecule has 0 N–H and O–H groups in total. The highest BCUT2D eigenvalue weighted by molar-refractivity contribution is 6.24. The van der Waals surface area contributed by atoms with E-state index in [4.69, 9.17) is 0 Å². The molecular formula is C5ClF10O2-. The summed E-state index contributed by atoms with van der Waals surface area (Å²) in [4.78, 5) is 0. The molecule has 0 rings (SSSR count). The summed E-state index contributed by atoms with van der Waals surface area (Å²) in [6.07, 6.45) is -19.9. The predicted octanol–water partition coefficient (Wildman–Crippen LogP) is 2.61. The Hall–Kier alpha value is -0.490. The van der Waals surface area contributed by atoms with Gasteiger partial charge in [0.2, 0.25) is 6.04 Å². The van der Waals surface area contributed by atoms with Crippen LogP contribution in [0.1, 0.15) is 0 Å². The van der Waals surface area contributed by atoms with Crippen LogP contribution in [-0.4, -0.2) is 29.6 Å². The third-order valence-corrected chi connectivity index (χ3v) is 1.75. The lowest BCUT2D eigenvalue weighted by molar-refractivity contribution is -0.682. The number of halogens is 11. The third kappa shape index (κ3) is 3.09. The van der Waals surface area contributed by atoms with Crippen LogP contribution in [0.4, 0.5) is 43.9 Å². The van der Waals surface area contributed by atoms with E-state index in [9.17, 15) is 49.0 Å². The van der Waals surface area contributed by atoms with Gasteiger partial charge in [0.1, 0.15) is 0 Å². The van der Waals surface area contributed by atoms with E-state index >= 15 is 0 Å². The van der Waals surface area contributed by atoms with Gasteiger partial charge < -0.3 is 5.11 Å². The smallest absolute Gasteiger partial charge is 0.446 e. The van der Waals surface area contributed by atoms with Crippen molar-refractivity contribution < 1.29 is 53.7 Å². The van der Waals surface area contributed by atoms with Gasteiger partial charge in [-0.1, -0.05) is 11.6 Å². The molecule has 0 radical (unpaired) electrons. The van der Waals surface area contributed by atoms with Crippen LogP contribution < -0.4 is 5.11 Å². The highest BCUT2D eigenvalue weighted by Crippen LogP contribution is 2.51. The highest BCUT2D eigenvalue weighted by Gasteiger charge is 2.74. The van der Waals surface area contributed by atoms with Gasteiger partial charge in [-0.25, -0.2) is 8.78 Å². The van der Waals surface area contributed by atoms with Gasteiger partial charge in [-0.2, -0.15) is 35.1 Å². The van der Waals surface area contributed by atoms with E-state index in [0.29, 0.717) is 0 Å². The van der Waals surface area contributed by atoms with Crippen LogP contribution in [-0.2, 0) is 4.74 Å². The van der Waals surface area contributed by atoms with Crippen LogP contribution >= 0.6 is 11.6 Å². The largest absolute Gasteiger partial charge is 0.795 e. The predicted molar refractivity (Wildman–Crippen MR) is 31.7 cm³/mol. The van der Waals surface area contributed by atoms with Crippen molar-refractivity contribution in [3.05, 3.63) is 0 Å². The molecular weight excluding hydrogens is 317 g/mol. The van der Waals surface area contributed by atoms with E-state index in [1.807, 2.05) is 0 Å². The van der Waals surface area contributed by atoms with Crippen LogP contribution in [0, 0.1) is 0 Å². The minimum absolute atomic E-state index is 1.67. The normalized spacial score (nSPS) is 21.3. The topological polar surface area (TPSA) is 32.3 Å². The molecule has 0 aromatic heterocycles. The van der Waals surface area contributed by atoms with E-state index in [1.165, 1.54) is 0 Å². The van der Waals surface area contributed by atoms with Crippen LogP contribution in [0.25, 0.3) is 0 Å². The summed E-state index contributed by atoms with van der Waals surface area (Å²) in [5, 5.41) is 3.61. The second kappa shape index (κ2) is 4.27. The monoisotopic (exact) mass is 317 g/mol. The van der Waals surface area contributed by atoms with Crippen molar-refractivity contribution in [3.63, 3.8) is 0 Å². The third-order valence-electron chi connectivity index (χ3n) is 1.32. The Morgan fingerprint density at radius 1 is 0.722 bits per heavy atom. The Kier molecular flexibility index (Phi) is 4.15. The van der Waals surface area contributed by atoms with Gasteiger partial charge in [-0.05, 0) is 0 Å². The maximum atomic E-state index is 12.4. The van der Waals surface area contributed by atoms with Crippen molar-refractivity contribution in [2.24, 2.45) is 0 Å². The number of hydrogen-bond acceptors (Lipinski definition) is 2. The number of hydrogen-bond donors (Lipinski definition) is 0. The van der Waals surface area contributed by atoms with Gasteiger partial charge >= 0.3 is 23.6 Å². The summed E-state index contributed by atoms with van der Waals surface area (Å²) in [5.41, 5.74) is 0. The summed E-state index contributed by atoms with van der Waals surface area (Å²) in [6, 6.07) is -6.48. The molecule has 2 nitrogen and oxygen atoms in total. The van der Waals surface area contributed by atoms with E-state index in [-0.39, 0.29) is 0 Å².